The average molecular weight is 269 g/mol. The fourth-order valence-electron chi connectivity index (χ4n) is 1.87. The Morgan fingerprint density at radius 1 is 1.50 bits per heavy atom. The summed E-state index contributed by atoms with van der Waals surface area (Å²) in [7, 11) is 1.77. The largest absolute Gasteiger partial charge is 0.344 e. The molecule has 5 heteroatoms. The summed E-state index contributed by atoms with van der Waals surface area (Å²) in [6.45, 7) is 7.51. The molecule has 4 nitrogen and oxygen atoms in total. The zero-order valence-electron chi connectivity index (χ0n) is 11.6. The molecular weight excluding hydrogens is 246 g/mol. The maximum absolute atomic E-state index is 12.0. The van der Waals surface area contributed by atoms with E-state index in [2.05, 4.69) is 24.8 Å². The van der Waals surface area contributed by atoms with Gasteiger partial charge in [0.1, 0.15) is 0 Å². The Hall–Kier alpha value is -0.730. The van der Waals surface area contributed by atoms with Crippen molar-refractivity contribution in [1.82, 2.24) is 9.80 Å². The van der Waals surface area contributed by atoms with E-state index in [4.69, 9.17) is 5.26 Å². The molecule has 0 aromatic heterocycles. The minimum absolute atomic E-state index is 0.120. The molecule has 0 bridgehead atoms. The van der Waals surface area contributed by atoms with E-state index in [1.54, 1.807) is 11.9 Å². The topological polar surface area (TPSA) is 47.3 Å². The molecule has 1 saturated heterocycles. The molecule has 0 N–H and O–H groups in total. The van der Waals surface area contributed by atoms with E-state index in [1.807, 2.05) is 11.8 Å². The van der Waals surface area contributed by atoms with E-state index in [9.17, 15) is 4.79 Å². The van der Waals surface area contributed by atoms with Crippen LogP contribution in [0.4, 0.5) is 0 Å². The summed E-state index contributed by atoms with van der Waals surface area (Å²) >= 11 is 1.98. The molecule has 1 aliphatic rings. The second-order valence-corrected chi connectivity index (χ2v) is 7.16. The molecule has 18 heavy (non-hydrogen) atoms. The number of carbonyl (C=O) groups excluding carboxylic acids is 1. The number of likely N-dealkylation sites (N-methyl/N-ethyl adjacent to an activating group) is 1. The molecule has 0 radical (unpaired) electrons. The Morgan fingerprint density at radius 3 is 2.89 bits per heavy atom. The Labute approximate surface area is 114 Å². The molecule has 102 valence electrons. The van der Waals surface area contributed by atoms with Crippen LogP contribution in [0.3, 0.4) is 0 Å². The summed E-state index contributed by atoms with van der Waals surface area (Å²) in [5.41, 5.74) is 0. The maximum atomic E-state index is 12.0. The van der Waals surface area contributed by atoms with Gasteiger partial charge in [-0.3, -0.25) is 9.69 Å². The molecule has 0 aromatic rings. The average Bonchev–Trinajstić information content (AvgIpc) is 2.48. The first-order valence-electron chi connectivity index (χ1n) is 6.42. The molecule has 0 spiro atoms. The van der Waals surface area contributed by atoms with Crippen LogP contribution in [-0.2, 0) is 4.79 Å². The Morgan fingerprint density at radius 2 is 2.22 bits per heavy atom. The van der Waals surface area contributed by atoms with Crippen molar-refractivity contribution >= 4 is 17.7 Å². The molecule has 1 fully saturated rings. The van der Waals surface area contributed by atoms with Crippen molar-refractivity contribution in [3.05, 3.63) is 0 Å². The first-order valence-corrected chi connectivity index (χ1v) is 7.40. The van der Waals surface area contributed by atoms with Crippen molar-refractivity contribution in [3.8, 4) is 6.07 Å². The van der Waals surface area contributed by atoms with Gasteiger partial charge in [-0.05, 0) is 6.42 Å². The van der Waals surface area contributed by atoms with Crippen molar-refractivity contribution in [1.29, 1.82) is 5.26 Å². The monoisotopic (exact) mass is 269 g/mol. The van der Waals surface area contributed by atoms with Gasteiger partial charge in [-0.15, -0.1) is 0 Å². The quantitative estimate of drug-likeness (QED) is 0.777. The predicted molar refractivity (Wildman–Crippen MR) is 75.5 cm³/mol. The summed E-state index contributed by atoms with van der Waals surface area (Å²) in [5, 5.41) is 8.51. The number of carbonyl (C=O) groups is 1. The number of hydrogen-bond acceptors (Lipinski definition) is 4. The van der Waals surface area contributed by atoms with E-state index in [0.717, 1.165) is 25.3 Å². The van der Waals surface area contributed by atoms with Crippen LogP contribution in [-0.4, -0.2) is 59.4 Å². The van der Waals surface area contributed by atoms with Crippen LogP contribution in [0.5, 0.6) is 0 Å². The van der Waals surface area contributed by atoms with Crippen LogP contribution in [0, 0.1) is 11.3 Å². The first-order chi connectivity index (χ1) is 8.44. The van der Waals surface area contributed by atoms with Crippen LogP contribution in [0.25, 0.3) is 0 Å². The Bertz CT molecular complexity index is 325. The summed E-state index contributed by atoms with van der Waals surface area (Å²) < 4.78 is 0.324. The number of nitrogens with zero attached hydrogens (tertiary/aromatic N) is 3. The third kappa shape index (κ3) is 5.28. The lowest BCUT2D eigenvalue weighted by molar-refractivity contribution is -0.131. The predicted octanol–water partition coefficient (Wildman–Crippen LogP) is 1.58. The Balaban J connectivity index is 2.38. The molecule has 1 amide bonds. The highest BCUT2D eigenvalue weighted by Gasteiger charge is 2.24. The van der Waals surface area contributed by atoms with Gasteiger partial charge in [0.05, 0.1) is 19.0 Å². The van der Waals surface area contributed by atoms with Crippen molar-refractivity contribution < 1.29 is 4.79 Å². The fraction of sp³-hybridized carbons (Fsp3) is 0.846. The summed E-state index contributed by atoms with van der Waals surface area (Å²) in [6, 6.07) is 2.07. The van der Waals surface area contributed by atoms with Gasteiger partial charge in [-0.1, -0.05) is 13.8 Å². The zero-order valence-corrected chi connectivity index (χ0v) is 12.4. The Kier molecular flexibility index (Phi) is 5.97. The maximum Gasteiger partial charge on any atom is 0.236 e. The fourth-order valence-corrected chi connectivity index (χ4v) is 3.01. The number of nitriles is 1. The number of thioether (sulfide) groups is 1. The van der Waals surface area contributed by atoms with Gasteiger partial charge in [0.25, 0.3) is 0 Å². The van der Waals surface area contributed by atoms with Crippen molar-refractivity contribution in [3.63, 3.8) is 0 Å². The lowest BCUT2D eigenvalue weighted by atomic mass is 10.1. The highest BCUT2D eigenvalue weighted by atomic mass is 32.2. The zero-order chi connectivity index (χ0) is 13.6. The van der Waals surface area contributed by atoms with Gasteiger partial charge in [0.15, 0.2) is 0 Å². The van der Waals surface area contributed by atoms with Crippen molar-refractivity contribution in [2.45, 2.75) is 31.4 Å². The molecule has 0 aromatic carbocycles. The molecule has 0 aliphatic carbocycles. The van der Waals surface area contributed by atoms with Crippen LogP contribution in [0.2, 0.25) is 0 Å². The van der Waals surface area contributed by atoms with Gasteiger partial charge in [0.2, 0.25) is 5.91 Å². The van der Waals surface area contributed by atoms with Crippen LogP contribution >= 0.6 is 11.8 Å². The summed E-state index contributed by atoms with van der Waals surface area (Å²) in [4.78, 5) is 15.8. The van der Waals surface area contributed by atoms with E-state index in [1.165, 1.54) is 0 Å². The van der Waals surface area contributed by atoms with Crippen molar-refractivity contribution in [2.75, 3.05) is 39.0 Å². The number of amides is 1. The first kappa shape index (κ1) is 15.3. The number of hydrogen-bond donors (Lipinski definition) is 0. The lowest BCUT2D eigenvalue weighted by Crippen LogP contribution is -2.39. The molecule has 1 heterocycles. The lowest BCUT2D eigenvalue weighted by Gasteiger charge is -2.24. The molecule has 0 saturated carbocycles. The molecule has 0 atom stereocenters. The normalized spacial score (nSPS) is 19.9. The van der Waals surface area contributed by atoms with Crippen LogP contribution in [0.15, 0.2) is 0 Å². The van der Waals surface area contributed by atoms with Gasteiger partial charge >= 0.3 is 0 Å². The van der Waals surface area contributed by atoms with E-state index in [-0.39, 0.29) is 5.91 Å². The third-order valence-electron chi connectivity index (χ3n) is 3.27. The highest BCUT2D eigenvalue weighted by molar-refractivity contribution is 8.00. The SMILES string of the molecule is CN(CCC#N)C(=O)CN1CCSC(C)(C)CC1. The second-order valence-electron chi connectivity index (χ2n) is 5.36. The third-order valence-corrected chi connectivity index (χ3v) is 4.65. The highest BCUT2D eigenvalue weighted by Crippen LogP contribution is 2.30. The van der Waals surface area contributed by atoms with Gasteiger partial charge < -0.3 is 4.90 Å². The van der Waals surface area contributed by atoms with Crippen LogP contribution < -0.4 is 0 Å². The second kappa shape index (κ2) is 7.01. The van der Waals surface area contributed by atoms with Gasteiger partial charge in [-0.25, -0.2) is 0 Å². The van der Waals surface area contributed by atoms with E-state index < -0.39 is 0 Å². The number of rotatable bonds is 4. The molecule has 1 rings (SSSR count). The molecular formula is C13H23N3OS. The van der Waals surface area contributed by atoms with Gasteiger partial charge in [-0.2, -0.15) is 17.0 Å². The van der Waals surface area contributed by atoms with E-state index >= 15 is 0 Å². The van der Waals surface area contributed by atoms with E-state index in [0.29, 0.717) is 24.3 Å². The summed E-state index contributed by atoms with van der Waals surface area (Å²) in [5.74, 6) is 1.21. The molecule has 1 aliphatic heterocycles. The standard InChI is InChI=1S/C13H23N3OS/c1-13(2)5-8-16(9-10-18-13)11-12(17)15(3)7-4-6-14/h4-5,7-11H2,1-3H3. The minimum Gasteiger partial charge on any atom is -0.344 e. The minimum atomic E-state index is 0.120. The molecule has 0 unspecified atom stereocenters. The smallest absolute Gasteiger partial charge is 0.236 e. The van der Waals surface area contributed by atoms with Crippen LogP contribution in [0.1, 0.15) is 26.7 Å². The van der Waals surface area contributed by atoms with Gasteiger partial charge in [0, 0.05) is 37.2 Å². The van der Waals surface area contributed by atoms with Crippen molar-refractivity contribution in [2.24, 2.45) is 0 Å². The summed E-state index contributed by atoms with van der Waals surface area (Å²) in [6.07, 6.45) is 1.53.